The minimum atomic E-state index is 0.0808. The number of hydrogen-bond acceptors (Lipinski definition) is 10. The van der Waals surface area contributed by atoms with Gasteiger partial charge in [0.1, 0.15) is 0 Å². The van der Waals surface area contributed by atoms with Crippen molar-refractivity contribution in [2.75, 3.05) is 27.3 Å². The van der Waals surface area contributed by atoms with Crippen LogP contribution in [0.25, 0.3) is 39.3 Å². The Morgan fingerprint density at radius 1 is 0.863 bits per heavy atom. The van der Waals surface area contributed by atoms with Gasteiger partial charge in [-0.05, 0) is 31.0 Å². The molecule has 5 aromatic rings. The van der Waals surface area contributed by atoms with Gasteiger partial charge in [-0.1, -0.05) is 47.5 Å². The number of benzene rings is 1. The van der Waals surface area contributed by atoms with Gasteiger partial charge < -0.3 is 30.7 Å². The minimum absolute atomic E-state index is 0.0808. The third-order valence-electron chi connectivity index (χ3n) is 9.07. The van der Waals surface area contributed by atoms with Gasteiger partial charge >= 0.3 is 0 Å². The molecule has 15 heteroatoms. The van der Waals surface area contributed by atoms with Gasteiger partial charge in [-0.2, -0.15) is 0 Å². The summed E-state index contributed by atoms with van der Waals surface area (Å²) in [5.41, 5.74) is 5.44. The molecule has 2 fully saturated rings. The van der Waals surface area contributed by atoms with E-state index in [-0.39, 0.29) is 23.9 Å². The van der Waals surface area contributed by atoms with E-state index in [2.05, 4.69) is 36.3 Å². The number of fused-ring (bicyclic) bond motifs is 1. The van der Waals surface area contributed by atoms with Gasteiger partial charge in [0, 0.05) is 84.8 Å². The second-order valence-corrected chi connectivity index (χ2v) is 13.3. The molecule has 4 N–H and O–H groups in total. The summed E-state index contributed by atoms with van der Waals surface area (Å²) < 4.78 is 13.0. The maximum atomic E-state index is 11.5. The zero-order chi connectivity index (χ0) is 35.5. The van der Waals surface area contributed by atoms with E-state index in [4.69, 9.17) is 37.7 Å². The number of nitrogens with zero attached hydrogens (tertiary/aromatic N) is 5. The van der Waals surface area contributed by atoms with Crippen LogP contribution >= 0.6 is 23.2 Å². The van der Waals surface area contributed by atoms with Gasteiger partial charge in [0.25, 0.3) is 0 Å². The number of halogens is 2. The van der Waals surface area contributed by atoms with Crippen molar-refractivity contribution in [3.05, 3.63) is 76.3 Å². The molecule has 7 rings (SSSR count). The number of carbonyl (C=O) groups excluding carboxylic acids is 2. The number of pyridine rings is 3. The summed E-state index contributed by atoms with van der Waals surface area (Å²) in [6, 6.07) is 13.5. The summed E-state index contributed by atoms with van der Waals surface area (Å²) >= 11 is 14.2. The van der Waals surface area contributed by atoms with Crippen LogP contribution in [0.3, 0.4) is 0 Å². The quantitative estimate of drug-likeness (QED) is 0.135. The number of amides is 2. The van der Waals surface area contributed by atoms with E-state index < -0.39 is 0 Å². The summed E-state index contributed by atoms with van der Waals surface area (Å²) in [4.78, 5) is 37.1. The van der Waals surface area contributed by atoms with E-state index in [0.717, 1.165) is 24.0 Å². The zero-order valence-electron chi connectivity index (χ0n) is 28.1. The van der Waals surface area contributed by atoms with E-state index in [1.54, 1.807) is 24.9 Å². The third-order valence-corrected chi connectivity index (χ3v) is 9.86. The molecule has 2 aliphatic rings. The van der Waals surface area contributed by atoms with Crippen LogP contribution in [0.15, 0.2) is 54.9 Å². The molecule has 0 unspecified atom stereocenters. The highest BCUT2D eigenvalue weighted by Gasteiger charge is 2.23. The van der Waals surface area contributed by atoms with Crippen molar-refractivity contribution in [2.45, 2.75) is 50.9 Å². The van der Waals surface area contributed by atoms with E-state index in [9.17, 15) is 9.59 Å². The first-order valence-corrected chi connectivity index (χ1v) is 17.5. The van der Waals surface area contributed by atoms with Crippen molar-refractivity contribution in [2.24, 2.45) is 0 Å². The molecule has 0 radical (unpaired) electrons. The summed E-state index contributed by atoms with van der Waals surface area (Å²) in [6.07, 6.45) is 6.26. The first-order valence-electron chi connectivity index (χ1n) is 16.7. The third kappa shape index (κ3) is 7.47. The van der Waals surface area contributed by atoms with Gasteiger partial charge in [-0.3, -0.25) is 14.6 Å². The molecule has 2 saturated heterocycles. The highest BCUT2D eigenvalue weighted by Crippen LogP contribution is 2.42. The number of aromatic nitrogens is 5. The number of rotatable bonds is 13. The van der Waals surface area contributed by atoms with Gasteiger partial charge in [0.2, 0.25) is 17.7 Å². The number of carbonyl (C=O) groups is 2. The van der Waals surface area contributed by atoms with Crippen LogP contribution in [0.1, 0.15) is 37.1 Å². The molecule has 2 aliphatic heterocycles. The molecule has 13 nitrogen and oxygen atoms in total. The van der Waals surface area contributed by atoms with Crippen LogP contribution in [0.2, 0.25) is 10.0 Å². The van der Waals surface area contributed by atoms with Crippen LogP contribution in [0.5, 0.6) is 11.6 Å². The predicted octanol–water partition coefficient (Wildman–Crippen LogP) is 4.58. The molecule has 2 atom stereocenters. The Balaban J connectivity index is 1.12. The van der Waals surface area contributed by atoms with Crippen molar-refractivity contribution in [1.82, 2.24) is 45.8 Å². The van der Waals surface area contributed by atoms with Gasteiger partial charge in [0.05, 0.1) is 42.2 Å². The first kappa shape index (κ1) is 34.6. The van der Waals surface area contributed by atoms with Crippen molar-refractivity contribution >= 4 is 40.7 Å². The van der Waals surface area contributed by atoms with Crippen molar-refractivity contribution < 1.29 is 19.1 Å². The molecule has 0 bridgehead atoms. The van der Waals surface area contributed by atoms with E-state index in [1.807, 2.05) is 48.7 Å². The number of methoxy groups -OCH3 is 2. The molecule has 0 aliphatic carbocycles. The monoisotopic (exact) mass is 729 g/mol. The second kappa shape index (κ2) is 15.2. The van der Waals surface area contributed by atoms with Gasteiger partial charge in [-0.15, -0.1) is 5.10 Å². The molecule has 0 saturated carbocycles. The van der Waals surface area contributed by atoms with Gasteiger partial charge in [-0.25, -0.2) is 14.5 Å². The summed E-state index contributed by atoms with van der Waals surface area (Å²) in [5.74, 6) is 1.76. The Hall–Kier alpha value is -4.82. The van der Waals surface area contributed by atoms with Crippen LogP contribution in [-0.4, -0.2) is 75.8 Å². The van der Waals surface area contributed by atoms with Crippen LogP contribution in [0, 0.1) is 0 Å². The fourth-order valence-electron chi connectivity index (χ4n) is 6.48. The fourth-order valence-corrected chi connectivity index (χ4v) is 7.12. The molecular formula is C36H37Cl2N9O4. The lowest BCUT2D eigenvalue weighted by Gasteiger charge is -2.15. The fraction of sp³-hybridized carbons (Fsp3) is 0.333. The lowest BCUT2D eigenvalue weighted by Crippen LogP contribution is -2.35. The van der Waals surface area contributed by atoms with Crippen LogP contribution in [-0.2, 0) is 22.7 Å². The highest BCUT2D eigenvalue weighted by atomic mass is 35.5. The SMILES string of the molecule is COc1nc(-c2cccc(-c3ccnc(-c4cc(OC)c5nc(CNC[C@@H]6CCC(=O)N6)nn5c4)c3Cl)c2Cl)ccc1CNC[C@@H]1CCC(=O)N1. The summed E-state index contributed by atoms with van der Waals surface area (Å²) in [6.45, 7) is 2.27. The minimum Gasteiger partial charge on any atom is -0.493 e. The Bertz CT molecular complexity index is 2110. The molecule has 51 heavy (non-hydrogen) atoms. The molecule has 0 spiro atoms. The molecular weight excluding hydrogens is 693 g/mol. The number of ether oxygens (including phenoxy) is 2. The molecule has 2 amide bonds. The summed E-state index contributed by atoms with van der Waals surface area (Å²) in [7, 11) is 3.17. The zero-order valence-corrected chi connectivity index (χ0v) is 29.6. The second-order valence-electron chi connectivity index (χ2n) is 12.5. The maximum Gasteiger partial charge on any atom is 0.220 e. The predicted molar refractivity (Wildman–Crippen MR) is 194 cm³/mol. The van der Waals surface area contributed by atoms with Gasteiger partial charge in [0.15, 0.2) is 17.2 Å². The van der Waals surface area contributed by atoms with E-state index >= 15 is 0 Å². The van der Waals surface area contributed by atoms with Crippen molar-refractivity contribution in [1.29, 1.82) is 0 Å². The van der Waals surface area contributed by atoms with Crippen molar-refractivity contribution in [3.63, 3.8) is 0 Å². The molecule has 6 heterocycles. The highest BCUT2D eigenvalue weighted by molar-refractivity contribution is 6.39. The Labute approximate surface area is 304 Å². The average Bonchev–Trinajstić information content (AvgIpc) is 3.87. The normalized spacial score (nSPS) is 17.2. The summed E-state index contributed by atoms with van der Waals surface area (Å²) in [5, 5.41) is 18.2. The van der Waals surface area contributed by atoms with Crippen molar-refractivity contribution in [3.8, 4) is 45.3 Å². The Morgan fingerprint density at radius 2 is 1.57 bits per heavy atom. The smallest absolute Gasteiger partial charge is 0.220 e. The average molecular weight is 731 g/mol. The number of hydrogen-bond donors (Lipinski definition) is 4. The standard InChI is InChI=1S/C36H37Cl2N9O4/c1-50-28-14-21(19-47-35(28)45-29(46-47)18-40-17-23-8-11-31(49)43-23)34-33(38)25(12-13-41-34)24-4-3-5-26(32(24)37)27-9-6-20(36(44-27)51-2)15-39-16-22-7-10-30(48)42-22/h3-6,9,12-14,19,22-23,39-40H,7-8,10-11,15-18H2,1-2H3,(H,42,48)(H,43,49)/t22-,23-/m0/s1. The van der Waals surface area contributed by atoms with E-state index in [1.165, 1.54) is 0 Å². The lowest BCUT2D eigenvalue weighted by molar-refractivity contribution is -0.120. The lowest BCUT2D eigenvalue weighted by atomic mass is 10.00. The Kier molecular flexibility index (Phi) is 10.3. The maximum absolute atomic E-state index is 11.5. The molecule has 264 valence electrons. The molecule has 1 aromatic carbocycles. The van der Waals surface area contributed by atoms with E-state index in [0.29, 0.717) is 100 Å². The van der Waals surface area contributed by atoms with Crippen LogP contribution in [0.4, 0.5) is 0 Å². The Morgan fingerprint density at radius 3 is 2.25 bits per heavy atom. The largest absolute Gasteiger partial charge is 0.493 e. The topological polar surface area (TPSA) is 157 Å². The van der Waals surface area contributed by atoms with Crippen LogP contribution < -0.4 is 30.7 Å². The molecule has 4 aromatic heterocycles. The number of nitrogens with one attached hydrogen (secondary N) is 4. The first-order chi connectivity index (χ1) is 24.8.